The Morgan fingerprint density at radius 1 is 0.618 bits per heavy atom. The lowest BCUT2D eigenvalue weighted by Gasteiger charge is -2.10. The Balaban J connectivity index is 0.000000325. The van der Waals surface area contributed by atoms with Gasteiger partial charge in [-0.2, -0.15) is 0 Å². The number of carbonyl (C=O) groups excluding carboxylic acids is 2. The second-order valence-electron chi connectivity index (χ2n) is 11.3. The van der Waals surface area contributed by atoms with E-state index in [9.17, 15) is 9.59 Å². The Kier molecular flexibility index (Phi) is 16.0. The maximum atomic E-state index is 12.1. The molecule has 0 aliphatic rings. The largest absolute Gasteiger partial charge is 0.457 e. The zero-order valence-corrected chi connectivity index (χ0v) is 30.5. The normalized spacial score (nSPS) is 10.7. The van der Waals surface area contributed by atoms with Crippen molar-refractivity contribution in [2.75, 3.05) is 29.1 Å². The van der Waals surface area contributed by atoms with Gasteiger partial charge in [0, 0.05) is 74.1 Å². The van der Waals surface area contributed by atoms with Crippen LogP contribution in [0.4, 0.5) is 27.5 Å². The number of nitrogens with two attached hydrogens (primary N) is 2. The van der Waals surface area contributed by atoms with Gasteiger partial charge in [0.25, 0.3) is 5.91 Å². The molecular formula is C42H47Cl2N7O4. The quantitative estimate of drug-likeness (QED) is 0.0997. The first kappa shape index (κ1) is 39.9. The van der Waals surface area contributed by atoms with Crippen LogP contribution in [0.15, 0.2) is 122 Å². The summed E-state index contributed by atoms with van der Waals surface area (Å²) in [6.07, 6.45) is 3.06. The summed E-state index contributed by atoms with van der Waals surface area (Å²) in [5.74, 6) is 1.50. The van der Waals surface area contributed by atoms with Crippen LogP contribution in [0, 0.1) is 20.8 Å². The van der Waals surface area contributed by atoms with Gasteiger partial charge in [0.15, 0.2) is 0 Å². The lowest BCUT2D eigenvalue weighted by Crippen LogP contribution is -2.19. The van der Waals surface area contributed by atoms with Gasteiger partial charge in [-0.15, -0.1) is 0 Å². The lowest BCUT2D eigenvalue weighted by molar-refractivity contribution is 0.0957. The minimum atomic E-state index is -2.56. The van der Waals surface area contributed by atoms with Crippen molar-refractivity contribution in [2.45, 2.75) is 35.6 Å². The van der Waals surface area contributed by atoms with Crippen molar-refractivity contribution >= 4 is 57.9 Å². The first-order valence-electron chi connectivity index (χ1n) is 17.4. The number of benzene rings is 4. The van der Waals surface area contributed by atoms with Gasteiger partial charge >= 0.3 is 6.03 Å². The smallest absolute Gasteiger partial charge is 0.323 e. The number of nitrogens with one attached hydrogen (secondary N) is 3. The lowest BCUT2D eigenvalue weighted by atomic mass is 10.2. The molecule has 0 radical (unpaired) electrons. The minimum absolute atomic E-state index is 0. The van der Waals surface area contributed by atoms with Crippen LogP contribution in [0.2, 0.25) is 10.0 Å². The number of halogens is 2. The van der Waals surface area contributed by atoms with Crippen LogP contribution < -0.4 is 36.9 Å². The molecule has 6 rings (SSSR count). The highest BCUT2D eigenvalue weighted by Crippen LogP contribution is 2.25. The van der Waals surface area contributed by atoms with Gasteiger partial charge in [-0.05, 0) is 129 Å². The molecule has 2 aromatic heterocycles. The summed E-state index contributed by atoms with van der Waals surface area (Å²) in [5, 5.41) is 8.84. The molecule has 55 heavy (non-hydrogen) atoms. The highest BCUT2D eigenvalue weighted by Gasteiger charge is 2.07. The third kappa shape index (κ3) is 14.9. The number of hydrogen-bond acceptors (Lipinski definition) is 8. The molecule has 288 valence electrons. The van der Waals surface area contributed by atoms with E-state index >= 15 is 0 Å². The average molecular weight is 788 g/mol. The van der Waals surface area contributed by atoms with Crippen molar-refractivity contribution in [3.63, 3.8) is 0 Å². The molecule has 7 N–H and O–H groups in total. The number of carbonyl (C=O) groups is 2. The van der Waals surface area contributed by atoms with Crippen molar-refractivity contribution in [1.29, 1.82) is 0 Å². The van der Waals surface area contributed by atoms with Gasteiger partial charge in [-0.25, -0.2) is 4.79 Å². The van der Waals surface area contributed by atoms with Gasteiger partial charge in [0.2, 0.25) is 0 Å². The summed E-state index contributed by atoms with van der Waals surface area (Å²) in [4.78, 5) is 31.8. The van der Waals surface area contributed by atoms with Crippen LogP contribution in [0.3, 0.4) is 0 Å². The Morgan fingerprint density at radius 2 is 1.13 bits per heavy atom. The summed E-state index contributed by atoms with van der Waals surface area (Å²) < 4.78 is 32.3. The van der Waals surface area contributed by atoms with E-state index in [0.29, 0.717) is 45.1 Å². The molecule has 0 unspecified atom stereocenters. The molecule has 4 aromatic carbocycles. The molecule has 0 fully saturated rings. The van der Waals surface area contributed by atoms with Crippen molar-refractivity contribution in [1.82, 2.24) is 15.3 Å². The van der Waals surface area contributed by atoms with Crippen LogP contribution in [0.25, 0.3) is 0 Å². The molecule has 2 heterocycles. The predicted octanol–water partition coefficient (Wildman–Crippen LogP) is 11.1. The standard InChI is InChI=1S/C20H18ClN3O2.C13H13N3O2.C7H8ClN.2CH4/c1-13-11-16(5-8-19(13)21)24-20(25)23-15-3-6-17(7-4-15)26-18-9-10-22-14(2)12-18;1-15-13(17)12-8-11(6-7-16-12)18-10-4-2-9(14)3-5-10;1-5-4-6(9)2-3-7(5)8;;/h3-12H,1-2H3,(H2,23,24,25);2-8H,14H2,1H3,(H,15,17);2-4H,9H2,1H3;2*1H4/i;1D3;;;. The number of pyridine rings is 2. The molecule has 0 saturated heterocycles. The fourth-order valence-corrected chi connectivity index (χ4v) is 4.58. The molecule has 3 amide bonds. The van der Waals surface area contributed by atoms with E-state index < -0.39 is 12.9 Å². The Morgan fingerprint density at radius 3 is 1.69 bits per heavy atom. The van der Waals surface area contributed by atoms with Gasteiger partial charge in [-0.3, -0.25) is 14.8 Å². The Bertz CT molecular complexity index is 2260. The molecule has 13 heteroatoms. The molecule has 0 bridgehead atoms. The van der Waals surface area contributed by atoms with Gasteiger partial charge < -0.3 is 36.9 Å². The molecular weight excluding hydrogens is 737 g/mol. The zero-order valence-electron chi connectivity index (χ0n) is 32.0. The summed E-state index contributed by atoms with van der Waals surface area (Å²) in [6, 6.07) is 30.8. The van der Waals surface area contributed by atoms with E-state index in [1.165, 1.54) is 12.3 Å². The van der Waals surface area contributed by atoms with E-state index in [-0.39, 0.29) is 26.6 Å². The number of aromatic nitrogens is 2. The van der Waals surface area contributed by atoms with Crippen molar-refractivity contribution < 1.29 is 23.2 Å². The topological polar surface area (TPSA) is 167 Å². The van der Waals surface area contributed by atoms with E-state index in [1.807, 2.05) is 44.3 Å². The van der Waals surface area contributed by atoms with Crippen molar-refractivity contribution in [3.05, 3.63) is 154 Å². The number of ether oxygens (including phenoxy) is 2. The van der Waals surface area contributed by atoms with Crippen LogP contribution >= 0.6 is 23.2 Å². The molecule has 6 aromatic rings. The van der Waals surface area contributed by atoms with Crippen LogP contribution in [0.5, 0.6) is 23.0 Å². The first-order valence-corrected chi connectivity index (χ1v) is 16.7. The summed E-state index contributed by atoms with van der Waals surface area (Å²) >= 11 is 11.7. The van der Waals surface area contributed by atoms with Crippen molar-refractivity contribution in [2.24, 2.45) is 0 Å². The number of anilines is 4. The average Bonchev–Trinajstić information content (AvgIpc) is 3.13. The Hall–Kier alpha value is -6.30. The number of rotatable bonds is 7. The molecule has 0 aliphatic heterocycles. The molecule has 0 aliphatic carbocycles. The maximum Gasteiger partial charge on any atom is 0.323 e. The van der Waals surface area contributed by atoms with E-state index in [0.717, 1.165) is 27.5 Å². The van der Waals surface area contributed by atoms with Crippen molar-refractivity contribution in [3.8, 4) is 23.0 Å². The van der Waals surface area contributed by atoms with Crippen LogP contribution in [-0.4, -0.2) is 28.9 Å². The summed E-state index contributed by atoms with van der Waals surface area (Å²) in [6.45, 7) is 3.15. The Labute approximate surface area is 337 Å². The monoisotopic (exact) mass is 786 g/mol. The third-order valence-electron chi connectivity index (χ3n) is 7.01. The van der Waals surface area contributed by atoms with E-state index in [4.69, 9.17) is 48.3 Å². The number of amides is 3. The highest BCUT2D eigenvalue weighted by molar-refractivity contribution is 6.31. The number of hydrogen-bond donors (Lipinski definition) is 5. The number of aryl methyl sites for hydroxylation is 3. The number of urea groups is 1. The van der Waals surface area contributed by atoms with Gasteiger partial charge in [-0.1, -0.05) is 38.1 Å². The second kappa shape index (κ2) is 22.0. The number of nitrogen functional groups attached to an aromatic ring is 2. The molecule has 0 saturated carbocycles. The van der Waals surface area contributed by atoms with Gasteiger partial charge in [0.1, 0.15) is 28.7 Å². The third-order valence-corrected chi connectivity index (χ3v) is 7.86. The predicted molar refractivity (Wildman–Crippen MR) is 227 cm³/mol. The molecule has 0 atom stereocenters. The maximum absolute atomic E-state index is 12.1. The van der Waals surface area contributed by atoms with Crippen LogP contribution in [0.1, 0.15) is 46.3 Å². The fraction of sp³-hybridized carbons (Fsp3) is 0.143. The fourth-order valence-electron chi connectivity index (χ4n) is 4.34. The minimum Gasteiger partial charge on any atom is -0.457 e. The second-order valence-corrected chi connectivity index (χ2v) is 12.1. The number of nitrogens with zero attached hydrogens (tertiary/aromatic N) is 2. The SMILES string of the molecule is C.C.Cc1cc(N)ccc1Cl.Cc1cc(Oc2ccc(NC(=O)Nc3ccc(Cl)c(C)c3)cc2)ccn1.[2H]C([2H])([2H])NC(=O)c1cc(Oc2ccc(N)cc2)ccn1. The highest BCUT2D eigenvalue weighted by atomic mass is 35.5. The molecule has 0 spiro atoms. The first-order chi connectivity index (χ1) is 26.5. The zero-order chi connectivity index (χ0) is 40.8. The van der Waals surface area contributed by atoms with Crippen LogP contribution in [-0.2, 0) is 0 Å². The van der Waals surface area contributed by atoms with E-state index in [2.05, 4.69) is 20.6 Å². The summed E-state index contributed by atoms with van der Waals surface area (Å²) in [5.41, 5.74) is 16.5. The van der Waals surface area contributed by atoms with Gasteiger partial charge in [0.05, 0.1) is 0 Å². The summed E-state index contributed by atoms with van der Waals surface area (Å²) in [7, 11) is 0. The molecule has 11 nitrogen and oxygen atoms in total. The van der Waals surface area contributed by atoms with E-state index in [1.54, 1.807) is 91.1 Å².